The van der Waals surface area contributed by atoms with Crippen LogP contribution in [0, 0.1) is 0 Å². The van der Waals surface area contributed by atoms with E-state index in [4.69, 9.17) is 4.74 Å². The predicted molar refractivity (Wildman–Crippen MR) is 113 cm³/mol. The molecule has 1 unspecified atom stereocenters. The number of rotatable bonds is 6. The molecule has 0 saturated carbocycles. The Bertz CT molecular complexity index is 815. The van der Waals surface area contributed by atoms with Gasteiger partial charge in [0.25, 0.3) is 0 Å². The number of amides is 1. The minimum atomic E-state index is -0.0350. The molecule has 0 bridgehead atoms. The highest BCUT2D eigenvalue weighted by Gasteiger charge is 2.25. The van der Waals surface area contributed by atoms with Crippen LogP contribution in [-0.2, 0) is 22.6 Å². The molecule has 2 aromatic rings. The molecule has 7 nitrogen and oxygen atoms in total. The third kappa shape index (κ3) is 5.44. The SMILES string of the molecule is CC(=O)Nc1cccc(CN2CCCC(c3[nH]ncc3CN3CCOCC3)C2)c1. The average molecular weight is 398 g/mol. The smallest absolute Gasteiger partial charge is 0.221 e. The molecule has 2 aliphatic rings. The standard InChI is InChI=1S/C22H31N5O2/c1-17(28)24-21-6-2-4-18(12-21)14-27-7-3-5-19(15-27)22-20(13-23-25-22)16-26-8-10-29-11-9-26/h2,4,6,12-13,19H,3,5,7-11,14-16H2,1H3,(H,23,25)(H,24,28). The second-order valence-corrected chi connectivity index (χ2v) is 8.15. The molecule has 7 heteroatoms. The van der Waals surface area contributed by atoms with Crippen LogP contribution in [0.3, 0.4) is 0 Å². The van der Waals surface area contributed by atoms with Crippen molar-refractivity contribution in [3.63, 3.8) is 0 Å². The van der Waals surface area contributed by atoms with E-state index in [9.17, 15) is 4.79 Å². The quantitative estimate of drug-likeness (QED) is 0.784. The molecule has 1 aromatic carbocycles. The molecule has 2 fully saturated rings. The molecule has 4 rings (SSSR count). The second kappa shape index (κ2) is 9.52. The van der Waals surface area contributed by atoms with Crippen LogP contribution in [0.5, 0.6) is 0 Å². The summed E-state index contributed by atoms with van der Waals surface area (Å²) in [5.74, 6) is 0.452. The van der Waals surface area contributed by atoms with Gasteiger partial charge < -0.3 is 10.1 Å². The molecular weight excluding hydrogens is 366 g/mol. The molecule has 0 spiro atoms. The maximum absolute atomic E-state index is 11.3. The number of hydrogen-bond donors (Lipinski definition) is 2. The first kappa shape index (κ1) is 20.1. The van der Waals surface area contributed by atoms with Gasteiger partial charge in [0.1, 0.15) is 0 Å². The number of nitrogens with zero attached hydrogens (tertiary/aromatic N) is 3. The minimum absolute atomic E-state index is 0.0350. The van der Waals surface area contributed by atoms with Gasteiger partial charge in [-0.15, -0.1) is 0 Å². The van der Waals surface area contributed by atoms with Gasteiger partial charge in [-0.25, -0.2) is 0 Å². The van der Waals surface area contributed by atoms with Gasteiger partial charge >= 0.3 is 0 Å². The number of piperidine rings is 1. The van der Waals surface area contributed by atoms with Gasteiger partial charge in [-0.05, 0) is 37.1 Å². The van der Waals surface area contributed by atoms with Crippen molar-refractivity contribution in [1.82, 2.24) is 20.0 Å². The van der Waals surface area contributed by atoms with Crippen LogP contribution < -0.4 is 5.32 Å². The van der Waals surface area contributed by atoms with E-state index in [1.165, 1.54) is 29.7 Å². The lowest BCUT2D eigenvalue weighted by Gasteiger charge is -2.33. The summed E-state index contributed by atoms with van der Waals surface area (Å²) in [4.78, 5) is 16.3. The summed E-state index contributed by atoms with van der Waals surface area (Å²) in [6.45, 7) is 9.15. The molecule has 1 atom stereocenters. The van der Waals surface area contributed by atoms with Crippen LogP contribution in [0.25, 0.3) is 0 Å². The monoisotopic (exact) mass is 397 g/mol. The highest BCUT2D eigenvalue weighted by molar-refractivity contribution is 5.88. The van der Waals surface area contributed by atoms with Crippen LogP contribution in [-0.4, -0.2) is 65.3 Å². The fourth-order valence-corrected chi connectivity index (χ4v) is 4.44. The summed E-state index contributed by atoms with van der Waals surface area (Å²) in [6, 6.07) is 8.16. The molecular formula is C22H31N5O2. The van der Waals surface area contributed by atoms with E-state index in [0.29, 0.717) is 5.92 Å². The zero-order valence-corrected chi connectivity index (χ0v) is 17.2. The molecule has 156 valence electrons. The van der Waals surface area contributed by atoms with Crippen LogP contribution in [0.1, 0.15) is 42.5 Å². The summed E-state index contributed by atoms with van der Waals surface area (Å²) in [5, 5.41) is 10.5. The van der Waals surface area contributed by atoms with E-state index in [1.54, 1.807) is 6.92 Å². The number of H-pyrrole nitrogens is 1. The lowest BCUT2D eigenvalue weighted by atomic mass is 9.92. The highest BCUT2D eigenvalue weighted by atomic mass is 16.5. The third-order valence-electron chi connectivity index (χ3n) is 5.82. The summed E-state index contributed by atoms with van der Waals surface area (Å²) < 4.78 is 5.47. The summed E-state index contributed by atoms with van der Waals surface area (Å²) in [6.07, 6.45) is 4.38. The number of anilines is 1. The number of likely N-dealkylation sites (tertiary alicyclic amines) is 1. The van der Waals surface area contributed by atoms with E-state index in [-0.39, 0.29) is 5.91 Å². The van der Waals surface area contributed by atoms with Gasteiger partial charge in [-0.3, -0.25) is 19.7 Å². The van der Waals surface area contributed by atoms with E-state index in [0.717, 1.165) is 58.2 Å². The first-order valence-corrected chi connectivity index (χ1v) is 10.6. The molecule has 2 N–H and O–H groups in total. The van der Waals surface area contributed by atoms with Crippen molar-refractivity contribution in [1.29, 1.82) is 0 Å². The Morgan fingerprint density at radius 2 is 2.10 bits per heavy atom. The minimum Gasteiger partial charge on any atom is -0.379 e. The van der Waals surface area contributed by atoms with Crippen molar-refractivity contribution in [2.45, 2.75) is 38.8 Å². The first-order valence-electron chi connectivity index (χ1n) is 10.6. The fourth-order valence-electron chi connectivity index (χ4n) is 4.44. The van der Waals surface area contributed by atoms with Gasteiger partial charge in [0.05, 0.1) is 19.4 Å². The van der Waals surface area contributed by atoms with E-state index in [1.807, 2.05) is 18.3 Å². The Morgan fingerprint density at radius 3 is 2.93 bits per heavy atom. The molecule has 1 amide bonds. The number of carbonyl (C=O) groups is 1. The van der Waals surface area contributed by atoms with Gasteiger partial charge in [0.15, 0.2) is 0 Å². The maximum atomic E-state index is 11.3. The van der Waals surface area contributed by atoms with E-state index >= 15 is 0 Å². The first-order chi connectivity index (χ1) is 14.2. The molecule has 1 aromatic heterocycles. The van der Waals surface area contributed by atoms with Crippen LogP contribution in [0.2, 0.25) is 0 Å². The number of ether oxygens (including phenoxy) is 1. The lowest BCUT2D eigenvalue weighted by Crippen LogP contribution is -2.37. The molecule has 3 heterocycles. The third-order valence-corrected chi connectivity index (χ3v) is 5.82. The summed E-state index contributed by atoms with van der Waals surface area (Å²) >= 11 is 0. The Balaban J connectivity index is 1.39. The number of carbonyl (C=O) groups excluding carboxylic acids is 1. The highest BCUT2D eigenvalue weighted by Crippen LogP contribution is 2.29. The Morgan fingerprint density at radius 1 is 1.24 bits per heavy atom. The predicted octanol–water partition coefficient (Wildman–Crippen LogP) is 2.58. The van der Waals surface area contributed by atoms with Crippen molar-refractivity contribution < 1.29 is 9.53 Å². The number of aromatic nitrogens is 2. The van der Waals surface area contributed by atoms with E-state index in [2.05, 4.69) is 37.4 Å². The number of morpholine rings is 1. The summed E-state index contributed by atoms with van der Waals surface area (Å²) in [5.41, 5.74) is 4.72. The molecule has 0 radical (unpaired) electrons. The van der Waals surface area contributed by atoms with Crippen molar-refractivity contribution in [3.05, 3.63) is 47.3 Å². The van der Waals surface area contributed by atoms with Gasteiger partial charge in [0, 0.05) is 62.5 Å². The molecule has 0 aliphatic carbocycles. The van der Waals surface area contributed by atoms with E-state index < -0.39 is 0 Å². The zero-order valence-electron chi connectivity index (χ0n) is 17.2. The van der Waals surface area contributed by atoms with Crippen LogP contribution >= 0.6 is 0 Å². The maximum Gasteiger partial charge on any atom is 0.221 e. The fraction of sp³-hybridized carbons (Fsp3) is 0.545. The summed E-state index contributed by atoms with van der Waals surface area (Å²) in [7, 11) is 0. The van der Waals surface area contributed by atoms with Crippen LogP contribution in [0.4, 0.5) is 5.69 Å². The topological polar surface area (TPSA) is 73.5 Å². The number of hydrogen-bond acceptors (Lipinski definition) is 5. The Kier molecular flexibility index (Phi) is 6.59. The number of benzene rings is 1. The van der Waals surface area contributed by atoms with Gasteiger partial charge in [-0.2, -0.15) is 5.10 Å². The second-order valence-electron chi connectivity index (χ2n) is 8.15. The zero-order chi connectivity index (χ0) is 20.1. The number of aromatic amines is 1. The molecule has 2 aliphatic heterocycles. The molecule has 2 saturated heterocycles. The Labute approximate surface area is 172 Å². The van der Waals surface area contributed by atoms with Crippen molar-refractivity contribution in [2.24, 2.45) is 0 Å². The van der Waals surface area contributed by atoms with Crippen molar-refractivity contribution >= 4 is 11.6 Å². The van der Waals surface area contributed by atoms with Gasteiger partial charge in [0.2, 0.25) is 5.91 Å². The van der Waals surface area contributed by atoms with Crippen molar-refractivity contribution in [3.8, 4) is 0 Å². The van der Waals surface area contributed by atoms with Crippen molar-refractivity contribution in [2.75, 3.05) is 44.7 Å². The average Bonchev–Trinajstić information content (AvgIpc) is 3.17. The molecule has 29 heavy (non-hydrogen) atoms. The normalized spacial score (nSPS) is 21.2. The largest absolute Gasteiger partial charge is 0.379 e. The van der Waals surface area contributed by atoms with Crippen LogP contribution in [0.15, 0.2) is 30.5 Å². The van der Waals surface area contributed by atoms with Gasteiger partial charge in [-0.1, -0.05) is 12.1 Å². The Hall–Kier alpha value is -2.22. The lowest BCUT2D eigenvalue weighted by molar-refractivity contribution is -0.114. The number of nitrogens with one attached hydrogen (secondary N) is 2.